The number of anilines is 3. The van der Waals surface area contributed by atoms with Gasteiger partial charge in [0.2, 0.25) is 5.95 Å². The molecule has 3 N–H and O–H groups in total. The van der Waals surface area contributed by atoms with E-state index in [0.29, 0.717) is 5.69 Å². The lowest BCUT2D eigenvalue weighted by molar-refractivity contribution is -0.141. The van der Waals surface area contributed by atoms with Gasteiger partial charge in [0.25, 0.3) is 0 Å². The number of hydrogen-bond donors (Lipinski definition) is 3. The Bertz CT molecular complexity index is 1110. The molecule has 0 atom stereocenters. The van der Waals surface area contributed by atoms with Gasteiger partial charge in [-0.15, -0.1) is 0 Å². The van der Waals surface area contributed by atoms with Gasteiger partial charge in [-0.1, -0.05) is 42.5 Å². The van der Waals surface area contributed by atoms with Crippen LogP contribution in [-0.4, -0.2) is 27.1 Å². The third-order valence-corrected chi connectivity index (χ3v) is 5.80. The van der Waals surface area contributed by atoms with Crippen molar-refractivity contribution in [3.63, 3.8) is 0 Å². The van der Waals surface area contributed by atoms with Crippen molar-refractivity contribution in [3.8, 4) is 11.1 Å². The van der Waals surface area contributed by atoms with Crippen molar-refractivity contribution in [2.45, 2.75) is 63.8 Å². The van der Waals surface area contributed by atoms with Gasteiger partial charge in [-0.25, -0.2) is 4.98 Å². The maximum atomic E-state index is 13.6. The average Bonchev–Trinajstić information content (AvgIpc) is 2.72. The molecule has 1 saturated heterocycles. The number of nitrogens with one attached hydrogen (secondary N) is 3. The Morgan fingerprint density at radius 1 is 0.853 bits per heavy atom. The zero-order valence-electron chi connectivity index (χ0n) is 19.8. The Morgan fingerprint density at radius 3 is 2.03 bits per heavy atom. The van der Waals surface area contributed by atoms with Crippen LogP contribution >= 0.6 is 0 Å². The predicted molar refractivity (Wildman–Crippen MR) is 130 cm³/mol. The van der Waals surface area contributed by atoms with E-state index in [2.05, 4.69) is 53.6 Å². The van der Waals surface area contributed by atoms with Gasteiger partial charge in [0.1, 0.15) is 5.82 Å². The maximum absolute atomic E-state index is 13.6. The summed E-state index contributed by atoms with van der Waals surface area (Å²) in [6.45, 7) is 8.34. The molecule has 8 heteroatoms. The largest absolute Gasteiger partial charge is 0.433 e. The topological polar surface area (TPSA) is 61.9 Å². The molecule has 180 valence electrons. The summed E-state index contributed by atoms with van der Waals surface area (Å²) in [7, 11) is 0. The van der Waals surface area contributed by atoms with Crippen LogP contribution < -0.4 is 16.0 Å². The monoisotopic (exact) mass is 469 g/mol. The molecule has 0 amide bonds. The van der Waals surface area contributed by atoms with Crippen LogP contribution in [0.4, 0.5) is 30.6 Å². The zero-order chi connectivity index (χ0) is 24.6. The fourth-order valence-electron chi connectivity index (χ4n) is 4.85. The third-order valence-electron chi connectivity index (χ3n) is 5.80. The molecule has 1 aromatic heterocycles. The molecule has 3 aromatic rings. The summed E-state index contributed by atoms with van der Waals surface area (Å²) < 4.78 is 40.8. The number of benzene rings is 2. The lowest BCUT2D eigenvalue weighted by atomic mass is 9.80. The lowest BCUT2D eigenvalue weighted by Gasteiger charge is -2.46. The van der Waals surface area contributed by atoms with E-state index < -0.39 is 11.9 Å². The van der Waals surface area contributed by atoms with Gasteiger partial charge in [0.05, 0.1) is 0 Å². The number of halogens is 3. The molecule has 1 aliphatic heterocycles. The molecule has 1 aliphatic rings. The van der Waals surface area contributed by atoms with Gasteiger partial charge in [0, 0.05) is 28.9 Å². The van der Waals surface area contributed by atoms with Crippen LogP contribution in [-0.2, 0) is 6.18 Å². The van der Waals surface area contributed by atoms with Crippen LogP contribution in [0.1, 0.15) is 46.2 Å². The Hall–Kier alpha value is -3.13. The molecule has 1 fully saturated rings. The molecule has 34 heavy (non-hydrogen) atoms. The summed E-state index contributed by atoms with van der Waals surface area (Å²) in [4.78, 5) is 8.14. The highest BCUT2D eigenvalue weighted by Gasteiger charge is 2.38. The first-order valence-electron chi connectivity index (χ1n) is 11.3. The fourth-order valence-corrected chi connectivity index (χ4v) is 4.85. The van der Waals surface area contributed by atoms with Crippen LogP contribution in [0.15, 0.2) is 60.7 Å². The van der Waals surface area contributed by atoms with Gasteiger partial charge in [0.15, 0.2) is 5.69 Å². The summed E-state index contributed by atoms with van der Waals surface area (Å²) in [5.41, 5.74) is 1.41. The molecular formula is C26H30F3N5. The summed E-state index contributed by atoms with van der Waals surface area (Å²) >= 11 is 0. The van der Waals surface area contributed by atoms with Gasteiger partial charge in [-0.2, -0.15) is 18.2 Å². The van der Waals surface area contributed by atoms with E-state index in [4.69, 9.17) is 0 Å². The Morgan fingerprint density at radius 2 is 1.44 bits per heavy atom. The van der Waals surface area contributed by atoms with Gasteiger partial charge >= 0.3 is 6.18 Å². The Kier molecular flexibility index (Phi) is 6.29. The van der Waals surface area contributed by atoms with E-state index in [1.54, 1.807) is 0 Å². The minimum Gasteiger partial charge on any atom is -0.351 e. The minimum atomic E-state index is -4.58. The molecule has 0 unspecified atom stereocenters. The van der Waals surface area contributed by atoms with E-state index in [1.165, 1.54) is 0 Å². The molecule has 2 heterocycles. The van der Waals surface area contributed by atoms with Crippen LogP contribution in [0, 0.1) is 0 Å². The van der Waals surface area contributed by atoms with Crippen molar-refractivity contribution in [2.24, 2.45) is 0 Å². The van der Waals surface area contributed by atoms with Crippen LogP contribution in [0.2, 0.25) is 0 Å². The van der Waals surface area contributed by atoms with Gasteiger partial charge < -0.3 is 16.0 Å². The zero-order valence-corrected chi connectivity index (χ0v) is 19.8. The number of nitrogens with zero attached hydrogens (tertiary/aromatic N) is 2. The summed E-state index contributed by atoms with van der Waals surface area (Å²) in [5.74, 6) is 0.0569. The standard InChI is InChI=1S/C26H30F3N5/c1-24(2)15-20(16-25(3,4)34-24)31-23-32-21(26(27,28)29)14-22(33-23)30-19-12-10-18(11-13-19)17-8-6-5-7-9-17/h5-14,20,34H,15-16H2,1-4H3,(H2,30,31,32,33). The van der Waals surface area contributed by atoms with Crippen LogP contribution in [0.25, 0.3) is 11.1 Å². The summed E-state index contributed by atoms with van der Waals surface area (Å²) in [5, 5.41) is 9.73. The van der Waals surface area contributed by atoms with Crippen molar-refractivity contribution >= 4 is 17.5 Å². The van der Waals surface area contributed by atoms with Gasteiger partial charge in [-0.05, 0) is 63.8 Å². The molecule has 0 radical (unpaired) electrons. The normalized spacial score (nSPS) is 17.9. The maximum Gasteiger partial charge on any atom is 0.433 e. The number of hydrogen-bond acceptors (Lipinski definition) is 5. The second kappa shape index (κ2) is 8.91. The highest BCUT2D eigenvalue weighted by molar-refractivity contribution is 5.67. The second-order valence-electron chi connectivity index (χ2n) is 10.2. The van der Waals surface area contributed by atoms with E-state index in [1.807, 2.05) is 54.6 Å². The lowest BCUT2D eigenvalue weighted by Crippen LogP contribution is -2.60. The first kappa shape index (κ1) is 24.0. The van der Waals surface area contributed by atoms with E-state index in [0.717, 1.165) is 30.0 Å². The predicted octanol–water partition coefficient (Wildman–Crippen LogP) is 6.63. The number of piperidine rings is 1. The van der Waals surface area contributed by atoms with E-state index in [9.17, 15) is 13.2 Å². The first-order chi connectivity index (χ1) is 15.9. The smallest absolute Gasteiger partial charge is 0.351 e. The van der Waals surface area contributed by atoms with Crippen molar-refractivity contribution in [1.29, 1.82) is 0 Å². The van der Waals surface area contributed by atoms with E-state index in [-0.39, 0.29) is 28.9 Å². The van der Waals surface area contributed by atoms with Crippen molar-refractivity contribution in [1.82, 2.24) is 15.3 Å². The molecule has 2 aromatic carbocycles. The highest BCUT2D eigenvalue weighted by atomic mass is 19.4. The van der Waals surface area contributed by atoms with Crippen LogP contribution in [0.5, 0.6) is 0 Å². The molecular weight excluding hydrogens is 439 g/mol. The number of rotatable bonds is 5. The molecule has 0 aliphatic carbocycles. The van der Waals surface area contributed by atoms with Gasteiger partial charge in [-0.3, -0.25) is 0 Å². The van der Waals surface area contributed by atoms with E-state index >= 15 is 0 Å². The SMILES string of the molecule is CC1(C)CC(Nc2nc(Nc3ccc(-c4ccccc4)cc3)cc(C(F)(F)F)n2)CC(C)(C)N1. The Labute approximate surface area is 198 Å². The minimum absolute atomic E-state index is 0.0308. The number of alkyl halides is 3. The van der Waals surface area contributed by atoms with Crippen LogP contribution in [0.3, 0.4) is 0 Å². The van der Waals surface area contributed by atoms with Crippen molar-refractivity contribution in [2.75, 3.05) is 10.6 Å². The molecule has 0 saturated carbocycles. The van der Waals surface area contributed by atoms with Crippen molar-refractivity contribution in [3.05, 3.63) is 66.4 Å². The molecule has 0 spiro atoms. The number of aromatic nitrogens is 2. The first-order valence-corrected chi connectivity index (χ1v) is 11.3. The molecule has 5 nitrogen and oxygen atoms in total. The fraction of sp³-hybridized carbons (Fsp3) is 0.385. The quantitative estimate of drug-likeness (QED) is 0.392. The highest BCUT2D eigenvalue weighted by Crippen LogP contribution is 2.33. The molecule has 4 rings (SSSR count). The summed E-state index contributed by atoms with van der Waals surface area (Å²) in [6, 6.07) is 18.2. The summed E-state index contributed by atoms with van der Waals surface area (Å²) in [6.07, 6.45) is -3.11. The second-order valence-corrected chi connectivity index (χ2v) is 10.2. The Balaban J connectivity index is 1.57. The molecule has 0 bridgehead atoms. The third kappa shape index (κ3) is 6.05. The van der Waals surface area contributed by atoms with Crippen molar-refractivity contribution < 1.29 is 13.2 Å². The average molecular weight is 470 g/mol.